The fourth-order valence-electron chi connectivity index (χ4n) is 0.901. The average Bonchev–Trinajstić information content (AvgIpc) is 2.24. The second kappa shape index (κ2) is 9.04. The third kappa shape index (κ3) is 8.15. The van der Waals surface area contributed by atoms with E-state index in [-0.39, 0.29) is 6.61 Å². The molecule has 2 amide bonds. The van der Waals surface area contributed by atoms with Gasteiger partial charge in [-0.2, -0.15) is 0 Å². The maximum atomic E-state index is 11.0. The number of amides is 2. The normalized spacial score (nSPS) is 11.8. The summed E-state index contributed by atoms with van der Waals surface area (Å²) >= 11 is 3.33. The lowest BCUT2D eigenvalue weighted by atomic mass is 10.3. The Bertz CT molecular complexity index is 240. The van der Waals surface area contributed by atoms with Gasteiger partial charge >= 0.3 is 12.2 Å². The van der Waals surface area contributed by atoms with Crippen LogP contribution in [0.25, 0.3) is 0 Å². The highest BCUT2D eigenvalue weighted by molar-refractivity contribution is 14.1. The molecular weight excluding hydrogens is 444 g/mol. The minimum absolute atomic E-state index is 0.0110. The predicted octanol–water partition coefficient (Wildman–Crippen LogP) is 1.07. The third-order valence-corrected chi connectivity index (χ3v) is 2.28. The van der Waals surface area contributed by atoms with E-state index in [1.54, 1.807) is 45.7 Å². The van der Waals surface area contributed by atoms with Crippen LogP contribution in [-0.4, -0.2) is 50.4 Å². The lowest BCUT2D eigenvalue weighted by Gasteiger charge is -2.20. The summed E-state index contributed by atoms with van der Waals surface area (Å²) in [5.41, 5.74) is 0. The van der Waals surface area contributed by atoms with Crippen LogP contribution < -0.4 is 7.06 Å². The van der Waals surface area contributed by atoms with Crippen molar-refractivity contribution in [2.24, 2.45) is 0 Å². The van der Waals surface area contributed by atoms with Crippen molar-refractivity contribution in [2.45, 2.75) is 6.10 Å². The zero-order valence-corrected chi connectivity index (χ0v) is 13.1. The van der Waals surface area contributed by atoms with Crippen molar-refractivity contribution in [1.82, 2.24) is 12.0 Å². The van der Waals surface area contributed by atoms with Gasteiger partial charge in [0.15, 0.2) is 6.10 Å². The van der Waals surface area contributed by atoms with Crippen molar-refractivity contribution in [3.8, 4) is 0 Å². The first-order valence-corrected chi connectivity index (χ1v) is 6.40. The standard InChI is InChI=1S/C7H13I2N3O4/c1-12(2)3-5(16-7(14)11-9)4-15-6(13)10-8/h5H,3-4H2,1-2H3,(H,10,13)(H,11,14). The summed E-state index contributed by atoms with van der Waals surface area (Å²) in [5.74, 6) is 0. The molecule has 94 valence electrons. The molecule has 0 aliphatic rings. The quantitative estimate of drug-likeness (QED) is 0.478. The van der Waals surface area contributed by atoms with Gasteiger partial charge in [-0.05, 0) is 14.1 Å². The Hall–Kier alpha value is -0.0400. The topological polar surface area (TPSA) is 79.9 Å². The van der Waals surface area contributed by atoms with Gasteiger partial charge in [0.25, 0.3) is 0 Å². The monoisotopic (exact) mass is 457 g/mol. The van der Waals surface area contributed by atoms with Crippen LogP contribution in [-0.2, 0) is 9.47 Å². The van der Waals surface area contributed by atoms with Crippen LogP contribution in [0, 0.1) is 0 Å². The van der Waals surface area contributed by atoms with Crippen LogP contribution in [0.2, 0.25) is 0 Å². The average molecular weight is 457 g/mol. The molecule has 0 rings (SSSR count). The summed E-state index contributed by atoms with van der Waals surface area (Å²) in [4.78, 5) is 23.7. The number of halogens is 2. The van der Waals surface area contributed by atoms with Crippen LogP contribution in [0.3, 0.4) is 0 Å². The molecule has 0 radical (unpaired) electrons. The maximum absolute atomic E-state index is 11.0. The van der Waals surface area contributed by atoms with Gasteiger partial charge in [-0.3, -0.25) is 7.06 Å². The van der Waals surface area contributed by atoms with Gasteiger partial charge in [0, 0.05) is 6.54 Å². The molecule has 0 aromatic heterocycles. The van der Waals surface area contributed by atoms with E-state index in [4.69, 9.17) is 9.47 Å². The van der Waals surface area contributed by atoms with Crippen molar-refractivity contribution in [3.63, 3.8) is 0 Å². The van der Waals surface area contributed by atoms with Crippen LogP contribution in [0.15, 0.2) is 0 Å². The SMILES string of the molecule is CN(C)CC(COC(=O)NI)OC(=O)NI. The van der Waals surface area contributed by atoms with Gasteiger partial charge in [0.1, 0.15) is 6.61 Å². The van der Waals surface area contributed by atoms with E-state index in [9.17, 15) is 9.59 Å². The van der Waals surface area contributed by atoms with E-state index in [1.807, 2.05) is 19.0 Å². The van der Waals surface area contributed by atoms with Gasteiger partial charge in [-0.1, -0.05) is 0 Å². The summed E-state index contributed by atoms with van der Waals surface area (Å²) in [5, 5.41) is 0. The number of hydrogen-bond donors (Lipinski definition) is 2. The number of ether oxygens (including phenoxy) is 2. The van der Waals surface area contributed by atoms with E-state index in [0.717, 1.165) is 0 Å². The Morgan fingerprint density at radius 3 is 2.25 bits per heavy atom. The Balaban J connectivity index is 4.09. The Morgan fingerprint density at radius 2 is 1.81 bits per heavy atom. The number of nitrogens with one attached hydrogen (secondary N) is 2. The third-order valence-electron chi connectivity index (χ3n) is 1.40. The number of carbonyl (C=O) groups excluding carboxylic acids is 2. The Kier molecular flexibility index (Phi) is 9.02. The summed E-state index contributed by atoms with van der Waals surface area (Å²) in [6.07, 6.45) is -1.63. The van der Waals surface area contributed by atoms with Gasteiger partial charge in [-0.15, -0.1) is 0 Å². The number of hydrogen-bond acceptors (Lipinski definition) is 5. The lowest BCUT2D eigenvalue weighted by molar-refractivity contribution is 0.0369. The Labute approximate surface area is 122 Å². The smallest absolute Gasteiger partial charge is 0.416 e. The molecule has 1 unspecified atom stereocenters. The van der Waals surface area contributed by atoms with Crippen molar-refractivity contribution < 1.29 is 19.1 Å². The second-order valence-electron chi connectivity index (χ2n) is 3.08. The summed E-state index contributed by atoms with van der Waals surface area (Å²) in [6, 6.07) is 0. The molecule has 2 N–H and O–H groups in total. The molecule has 16 heavy (non-hydrogen) atoms. The van der Waals surface area contributed by atoms with Gasteiger partial charge in [0.2, 0.25) is 0 Å². The molecule has 9 heteroatoms. The van der Waals surface area contributed by atoms with Gasteiger partial charge in [0.05, 0.1) is 45.7 Å². The molecule has 0 aliphatic carbocycles. The highest BCUT2D eigenvalue weighted by Crippen LogP contribution is 1.98. The highest BCUT2D eigenvalue weighted by atomic mass is 127. The largest absolute Gasteiger partial charge is 0.445 e. The number of carbonyl (C=O) groups is 2. The fourth-order valence-corrected chi connectivity index (χ4v) is 1.18. The van der Waals surface area contributed by atoms with Gasteiger partial charge in [-0.25, -0.2) is 9.59 Å². The van der Waals surface area contributed by atoms with Crippen LogP contribution in [0.4, 0.5) is 9.59 Å². The summed E-state index contributed by atoms with van der Waals surface area (Å²) in [7, 11) is 3.66. The molecule has 0 fully saturated rings. The van der Waals surface area contributed by atoms with E-state index < -0.39 is 18.3 Å². The van der Waals surface area contributed by atoms with E-state index >= 15 is 0 Å². The first-order valence-electron chi connectivity index (χ1n) is 4.25. The van der Waals surface area contributed by atoms with Crippen LogP contribution in [0.5, 0.6) is 0 Å². The number of rotatable bonds is 5. The van der Waals surface area contributed by atoms with Crippen molar-refractivity contribution in [3.05, 3.63) is 0 Å². The molecule has 1 atom stereocenters. The minimum atomic E-state index is -0.567. The number of likely N-dealkylation sites (N-methyl/N-ethyl adjacent to an activating group) is 1. The Morgan fingerprint density at radius 1 is 1.25 bits per heavy atom. The molecule has 0 bridgehead atoms. The molecule has 0 spiro atoms. The molecule has 0 heterocycles. The molecule has 0 saturated carbocycles. The molecule has 0 aliphatic heterocycles. The minimum Gasteiger partial charge on any atom is -0.445 e. The van der Waals surface area contributed by atoms with Gasteiger partial charge < -0.3 is 14.4 Å². The van der Waals surface area contributed by atoms with Crippen LogP contribution in [0.1, 0.15) is 0 Å². The zero-order valence-electron chi connectivity index (χ0n) is 8.83. The highest BCUT2D eigenvalue weighted by Gasteiger charge is 2.17. The number of nitrogens with zero attached hydrogens (tertiary/aromatic N) is 1. The lowest BCUT2D eigenvalue weighted by Crippen LogP contribution is -2.36. The second-order valence-corrected chi connectivity index (χ2v) is 4.16. The van der Waals surface area contributed by atoms with Crippen molar-refractivity contribution in [2.75, 3.05) is 27.2 Å². The summed E-state index contributed by atoms with van der Waals surface area (Å²) in [6.45, 7) is 0.482. The fraction of sp³-hybridized carbons (Fsp3) is 0.714. The van der Waals surface area contributed by atoms with E-state index in [0.29, 0.717) is 6.54 Å². The molecule has 0 aromatic carbocycles. The van der Waals surface area contributed by atoms with Crippen LogP contribution >= 0.6 is 45.7 Å². The maximum Gasteiger partial charge on any atom is 0.416 e. The molecule has 7 nitrogen and oxygen atoms in total. The summed E-state index contributed by atoms with van der Waals surface area (Å²) < 4.78 is 14.4. The van der Waals surface area contributed by atoms with E-state index in [2.05, 4.69) is 7.06 Å². The zero-order chi connectivity index (χ0) is 12.6. The van der Waals surface area contributed by atoms with Crippen molar-refractivity contribution >= 4 is 57.9 Å². The first kappa shape index (κ1) is 16.0. The molecular formula is C7H13I2N3O4. The van der Waals surface area contributed by atoms with Crippen molar-refractivity contribution in [1.29, 1.82) is 0 Å². The van der Waals surface area contributed by atoms with E-state index in [1.165, 1.54) is 0 Å². The predicted molar refractivity (Wildman–Crippen MR) is 74.5 cm³/mol. The molecule has 0 saturated heterocycles. The first-order chi connectivity index (χ1) is 7.49. The molecule has 0 aromatic rings.